The van der Waals surface area contributed by atoms with Crippen molar-refractivity contribution in [1.82, 2.24) is 4.90 Å². The highest BCUT2D eigenvalue weighted by Crippen LogP contribution is 2.24. The number of hydrogen-bond donors (Lipinski definition) is 0. The number of rotatable bonds is 3. The van der Waals surface area contributed by atoms with Crippen LogP contribution in [0.1, 0.15) is 24.2 Å². The van der Waals surface area contributed by atoms with Crippen molar-refractivity contribution in [2.24, 2.45) is 0 Å². The van der Waals surface area contributed by atoms with E-state index in [0.29, 0.717) is 5.33 Å². The number of hydrogen-bond acceptors (Lipinski definition) is 1. The predicted octanol–water partition coefficient (Wildman–Crippen LogP) is 3.97. The second-order valence-corrected chi connectivity index (χ2v) is 6.03. The maximum absolute atomic E-state index is 13.7. The van der Waals surface area contributed by atoms with Gasteiger partial charge in [-0.05, 0) is 26.0 Å². The molecule has 0 saturated heterocycles. The smallest absolute Gasteiger partial charge is 0.260 e. The van der Waals surface area contributed by atoms with Crippen LogP contribution in [0.4, 0.5) is 8.78 Å². The third-order valence-corrected chi connectivity index (χ3v) is 4.59. The zero-order valence-electron chi connectivity index (χ0n) is 10.2. The number of carbonyl (C=O) groups is 1. The van der Waals surface area contributed by atoms with E-state index in [4.69, 9.17) is 0 Å². The van der Waals surface area contributed by atoms with Crippen molar-refractivity contribution in [3.05, 3.63) is 33.8 Å². The molecular formula is C12H13Br2F2NO. The van der Waals surface area contributed by atoms with Crippen molar-refractivity contribution in [3.8, 4) is 0 Å². The van der Waals surface area contributed by atoms with Gasteiger partial charge in [-0.1, -0.05) is 31.9 Å². The van der Waals surface area contributed by atoms with E-state index in [9.17, 15) is 13.6 Å². The van der Waals surface area contributed by atoms with Gasteiger partial charge in [0.15, 0.2) is 0 Å². The molecule has 0 N–H and O–H groups in total. The third-order valence-electron chi connectivity index (χ3n) is 2.76. The lowest BCUT2D eigenvalue weighted by Crippen LogP contribution is -2.46. The standard InChI is InChI=1S/C12H13Br2F2NO/c1-12(2,6-13)17(3)11(18)10-8(15)4-7(14)5-9(10)16/h4-5H,6H2,1-3H3. The van der Waals surface area contributed by atoms with Crippen molar-refractivity contribution in [2.75, 3.05) is 12.4 Å². The van der Waals surface area contributed by atoms with Crippen LogP contribution in [-0.2, 0) is 0 Å². The molecule has 0 unspecified atom stereocenters. The van der Waals surface area contributed by atoms with E-state index in [-0.39, 0.29) is 4.47 Å². The van der Waals surface area contributed by atoms with Gasteiger partial charge in [-0.3, -0.25) is 4.79 Å². The van der Waals surface area contributed by atoms with Crippen LogP contribution in [0.3, 0.4) is 0 Å². The summed E-state index contributed by atoms with van der Waals surface area (Å²) in [6, 6.07) is 2.15. The minimum atomic E-state index is -0.871. The van der Waals surface area contributed by atoms with Gasteiger partial charge in [0.1, 0.15) is 17.2 Å². The summed E-state index contributed by atoms with van der Waals surface area (Å²) in [7, 11) is 1.52. The lowest BCUT2D eigenvalue weighted by molar-refractivity contribution is 0.0653. The first-order chi connectivity index (χ1) is 8.20. The van der Waals surface area contributed by atoms with E-state index in [1.165, 1.54) is 11.9 Å². The summed E-state index contributed by atoms with van der Waals surface area (Å²) in [6.45, 7) is 3.60. The molecule has 0 heterocycles. The van der Waals surface area contributed by atoms with Crippen LogP contribution in [0.15, 0.2) is 16.6 Å². The molecule has 0 aromatic heterocycles. The molecule has 1 aromatic rings. The van der Waals surface area contributed by atoms with Crippen molar-refractivity contribution in [2.45, 2.75) is 19.4 Å². The number of halogens is 4. The summed E-state index contributed by atoms with van der Waals surface area (Å²) in [5, 5.41) is 0.502. The lowest BCUT2D eigenvalue weighted by atomic mass is 10.0. The van der Waals surface area contributed by atoms with Crippen molar-refractivity contribution < 1.29 is 13.6 Å². The molecule has 0 radical (unpaired) electrons. The molecule has 1 rings (SSSR count). The van der Waals surface area contributed by atoms with Gasteiger partial charge in [-0.25, -0.2) is 8.78 Å². The average Bonchev–Trinajstić information content (AvgIpc) is 2.26. The van der Waals surface area contributed by atoms with E-state index in [1.807, 2.05) is 0 Å². The Kier molecular flexibility index (Phi) is 4.89. The molecule has 2 nitrogen and oxygen atoms in total. The molecule has 0 fully saturated rings. The number of amides is 1. The van der Waals surface area contributed by atoms with Gasteiger partial charge < -0.3 is 4.90 Å². The van der Waals surface area contributed by atoms with Gasteiger partial charge >= 0.3 is 0 Å². The number of carbonyl (C=O) groups excluding carboxylic acids is 1. The Morgan fingerprint density at radius 2 is 1.78 bits per heavy atom. The maximum Gasteiger partial charge on any atom is 0.260 e. The average molecular weight is 385 g/mol. The fourth-order valence-corrected chi connectivity index (χ4v) is 2.06. The fourth-order valence-electron chi connectivity index (χ4n) is 1.28. The SMILES string of the molecule is CN(C(=O)c1c(F)cc(Br)cc1F)C(C)(C)CBr. The zero-order valence-corrected chi connectivity index (χ0v) is 13.4. The van der Waals surface area contributed by atoms with Crippen LogP contribution < -0.4 is 0 Å². The Hall–Kier alpha value is -0.490. The Balaban J connectivity index is 3.20. The summed E-state index contributed by atoms with van der Waals surface area (Å²) in [6.07, 6.45) is 0. The molecule has 0 aliphatic heterocycles. The van der Waals surface area contributed by atoms with E-state index >= 15 is 0 Å². The summed E-state index contributed by atoms with van der Waals surface area (Å²) in [5.41, 5.74) is -1.07. The zero-order chi connectivity index (χ0) is 14.1. The minimum Gasteiger partial charge on any atom is -0.336 e. The van der Waals surface area contributed by atoms with Gasteiger partial charge in [0.2, 0.25) is 0 Å². The Labute approximate surface area is 122 Å². The van der Waals surface area contributed by atoms with Crippen molar-refractivity contribution >= 4 is 37.8 Å². The maximum atomic E-state index is 13.7. The predicted molar refractivity (Wildman–Crippen MR) is 74.0 cm³/mol. The second-order valence-electron chi connectivity index (χ2n) is 4.55. The quantitative estimate of drug-likeness (QED) is 0.722. The number of benzene rings is 1. The molecule has 1 aromatic carbocycles. The Bertz CT molecular complexity index is 454. The number of nitrogens with zero attached hydrogens (tertiary/aromatic N) is 1. The van der Waals surface area contributed by atoms with Gasteiger partial charge in [0, 0.05) is 22.4 Å². The molecular weight excluding hydrogens is 372 g/mol. The van der Waals surface area contributed by atoms with E-state index in [1.54, 1.807) is 13.8 Å². The van der Waals surface area contributed by atoms with Crippen LogP contribution in [0.5, 0.6) is 0 Å². The van der Waals surface area contributed by atoms with Gasteiger partial charge in [0.05, 0.1) is 0 Å². The normalized spacial score (nSPS) is 11.5. The third kappa shape index (κ3) is 3.09. The molecule has 0 saturated carbocycles. The van der Waals surface area contributed by atoms with E-state index in [0.717, 1.165) is 12.1 Å². The van der Waals surface area contributed by atoms with Crippen molar-refractivity contribution in [3.63, 3.8) is 0 Å². The first-order valence-corrected chi connectivity index (χ1v) is 7.11. The molecule has 0 atom stereocenters. The summed E-state index contributed by atoms with van der Waals surface area (Å²) < 4.78 is 27.6. The van der Waals surface area contributed by atoms with Crippen LogP contribution in [-0.4, -0.2) is 28.7 Å². The van der Waals surface area contributed by atoms with Gasteiger partial charge in [-0.15, -0.1) is 0 Å². The largest absolute Gasteiger partial charge is 0.336 e. The second kappa shape index (κ2) is 5.65. The summed E-state index contributed by atoms with van der Waals surface area (Å²) >= 11 is 6.25. The highest BCUT2D eigenvalue weighted by Gasteiger charge is 2.30. The van der Waals surface area contributed by atoms with Crippen LogP contribution >= 0.6 is 31.9 Å². The highest BCUT2D eigenvalue weighted by molar-refractivity contribution is 9.10. The molecule has 18 heavy (non-hydrogen) atoms. The number of alkyl halides is 1. The van der Waals surface area contributed by atoms with Gasteiger partial charge in [0.25, 0.3) is 5.91 Å². The summed E-state index contributed by atoms with van der Waals surface area (Å²) in [4.78, 5) is 13.4. The first kappa shape index (κ1) is 15.6. The van der Waals surface area contributed by atoms with Crippen LogP contribution in [0, 0.1) is 11.6 Å². The van der Waals surface area contributed by atoms with E-state index in [2.05, 4.69) is 31.9 Å². The van der Waals surface area contributed by atoms with Gasteiger partial charge in [-0.2, -0.15) is 0 Å². The molecule has 6 heteroatoms. The van der Waals surface area contributed by atoms with Crippen LogP contribution in [0.25, 0.3) is 0 Å². The van der Waals surface area contributed by atoms with E-state index < -0.39 is 28.6 Å². The molecule has 1 amide bonds. The first-order valence-electron chi connectivity index (χ1n) is 5.19. The minimum absolute atomic E-state index is 0.261. The molecule has 0 bridgehead atoms. The van der Waals surface area contributed by atoms with Crippen molar-refractivity contribution in [1.29, 1.82) is 0 Å². The monoisotopic (exact) mass is 383 g/mol. The highest BCUT2D eigenvalue weighted by atomic mass is 79.9. The molecule has 100 valence electrons. The Morgan fingerprint density at radius 1 is 1.33 bits per heavy atom. The topological polar surface area (TPSA) is 20.3 Å². The Morgan fingerprint density at radius 3 is 2.17 bits per heavy atom. The molecule has 0 aliphatic carbocycles. The fraction of sp³-hybridized carbons (Fsp3) is 0.417. The lowest BCUT2D eigenvalue weighted by Gasteiger charge is -2.34. The summed E-state index contributed by atoms with van der Waals surface area (Å²) in [5.74, 6) is -2.42. The molecule has 0 aliphatic rings. The molecule has 0 spiro atoms. The van der Waals surface area contributed by atoms with Crippen LogP contribution in [0.2, 0.25) is 0 Å².